The van der Waals surface area contributed by atoms with Gasteiger partial charge in [0, 0.05) is 28.3 Å². The molecule has 0 aliphatic heterocycles. The molecule has 0 saturated carbocycles. The van der Waals surface area contributed by atoms with E-state index in [4.69, 9.17) is 9.47 Å². The average molecular weight is 480 g/mol. The molecule has 33 heavy (non-hydrogen) atoms. The monoisotopic (exact) mass is 480 g/mol. The zero-order valence-electron chi connectivity index (χ0n) is 17.9. The molecule has 6 nitrogen and oxygen atoms in total. The van der Waals surface area contributed by atoms with Gasteiger partial charge < -0.3 is 9.47 Å². The first-order valence-electron chi connectivity index (χ1n) is 10.4. The van der Waals surface area contributed by atoms with E-state index < -0.39 is 11.4 Å². The fourth-order valence-electron chi connectivity index (χ4n) is 4.33. The Hall–Kier alpha value is -2.94. The Bertz CT molecular complexity index is 1120. The van der Waals surface area contributed by atoms with Crippen LogP contribution in [0.1, 0.15) is 43.0 Å². The molecule has 2 unspecified atom stereocenters. The normalized spacial score (nSPS) is 13.2. The Morgan fingerprint density at radius 1 is 0.727 bits per heavy atom. The van der Waals surface area contributed by atoms with Gasteiger partial charge >= 0.3 is 11.4 Å². The molecule has 8 heteroatoms. The van der Waals surface area contributed by atoms with Crippen LogP contribution in [0, 0.1) is 0 Å². The van der Waals surface area contributed by atoms with Gasteiger partial charge in [0.1, 0.15) is 0 Å². The Balaban J connectivity index is 1.55. The van der Waals surface area contributed by atoms with Crippen molar-refractivity contribution in [1.82, 2.24) is 0 Å². The van der Waals surface area contributed by atoms with Crippen LogP contribution in [-0.4, -0.2) is 36.2 Å². The Morgan fingerprint density at radius 2 is 1.12 bits per heavy atom. The third-order valence-corrected chi connectivity index (χ3v) is 6.82. The number of aryl methyl sites for hydroxylation is 2. The summed E-state index contributed by atoms with van der Waals surface area (Å²) in [4.78, 5) is 48.4. The fraction of sp³-hybridized carbons (Fsp3) is 0.200. The quantitative estimate of drug-likeness (QED) is 0.276. The van der Waals surface area contributed by atoms with Crippen molar-refractivity contribution in [2.24, 2.45) is 0 Å². The van der Waals surface area contributed by atoms with Gasteiger partial charge in [0.05, 0.1) is 0 Å². The molecule has 0 bridgehead atoms. The molecule has 0 heterocycles. The number of carbonyl (C=O) groups excluding carboxylic acids is 4. The number of Topliss-reactive ketones (excluding diaryl/α,β-unsaturated/α-hetero) is 2. The summed E-state index contributed by atoms with van der Waals surface area (Å²) in [6, 6.07) is 7.50. The van der Waals surface area contributed by atoms with E-state index in [2.05, 4.69) is 13.2 Å². The molecule has 2 aliphatic rings. The number of ether oxygens (including phenoxy) is 2. The molecule has 4 rings (SSSR count). The zero-order chi connectivity index (χ0) is 23.5. The Morgan fingerprint density at radius 3 is 1.52 bits per heavy atom. The van der Waals surface area contributed by atoms with E-state index in [1.54, 1.807) is 0 Å². The summed E-state index contributed by atoms with van der Waals surface area (Å²) in [7, 11) is -0.358. The van der Waals surface area contributed by atoms with Crippen molar-refractivity contribution in [2.45, 2.75) is 19.3 Å². The molecule has 2 aliphatic carbocycles. The van der Waals surface area contributed by atoms with Crippen molar-refractivity contribution in [3.8, 4) is 11.1 Å². The maximum Gasteiger partial charge on any atom is 0.327 e. The molecule has 0 fully saturated rings. The van der Waals surface area contributed by atoms with E-state index in [9.17, 15) is 19.2 Å². The lowest BCUT2D eigenvalue weighted by Crippen LogP contribution is -2.14. The first-order chi connectivity index (χ1) is 15.9. The lowest BCUT2D eigenvalue weighted by atomic mass is 9.83. The number of benzene rings is 2. The van der Waals surface area contributed by atoms with Crippen molar-refractivity contribution in [1.29, 1.82) is 0 Å². The molecule has 0 radical (unpaired) electrons. The molecule has 2 aromatic carbocycles. The van der Waals surface area contributed by atoms with Gasteiger partial charge in [-0.1, -0.05) is 24.8 Å². The first-order valence-corrected chi connectivity index (χ1v) is 12.5. The van der Waals surface area contributed by atoms with Gasteiger partial charge in [-0.05, 0) is 76.9 Å². The third kappa shape index (κ3) is 4.88. The molecule has 0 saturated heterocycles. The van der Waals surface area contributed by atoms with Crippen LogP contribution in [0.5, 0.6) is 0 Å². The minimum absolute atomic E-state index is 0.179. The minimum Gasteiger partial charge on any atom is -0.454 e. The SMILES string of the molecule is C=CPC(=O)OCC(=O)c1cc2c3c(c1)Cc1cc(C(=O)COC(=O)PC=C)cc(c1-3)CC2. The number of hydrogen-bond acceptors (Lipinski definition) is 6. The number of carbonyl (C=O) groups is 4. The van der Waals surface area contributed by atoms with E-state index in [1.807, 2.05) is 24.3 Å². The molecule has 0 amide bonds. The van der Waals surface area contributed by atoms with Gasteiger partial charge in [-0.2, -0.15) is 0 Å². The molecular weight excluding hydrogens is 458 g/mol. The van der Waals surface area contributed by atoms with E-state index >= 15 is 0 Å². The Labute approximate surface area is 195 Å². The van der Waals surface area contributed by atoms with Gasteiger partial charge in [0.15, 0.2) is 24.8 Å². The lowest BCUT2D eigenvalue weighted by Gasteiger charge is -2.21. The standard InChI is InChI=1S/C25H22O6P2/c1-3-32-24(28)30-12-20(26)16-7-14-5-6-15-8-17(21(27)13-31-25(29)33-4-2)10-19-11-18(9-16)22(14)23(15)19/h3-4,7-10,32-33H,1-2,5-6,11-13H2. The summed E-state index contributed by atoms with van der Waals surface area (Å²) in [5.74, 6) is 2.45. The predicted octanol–water partition coefficient (Wildman–Crippen LogP) is 5.64. The van der Waals surface area contributed by atoms with Gasteiger partial charge in [-0.15, -0.1) is 0 Å². The van der Waals surface area contributed by atoms with E-state index in [-0.39, 0.29) is 41.9 Å². The summed E-state index contributed by atoms with van der Waals surface area (Å²) in [5, 5.41) is 0. The Kier molecular flexibility index (Phi) is 6.97. The van der Waals surface area contributed by atoms with Crippen LogP contribution in [-0.2, 0) is 28.7 Å². The van der Waals surface area contributed by atoms with Crippen molar-refractivity contribution >= 4 is 40.1 Å². The van der Waals surface area contributed by atoms with Crippen LogP contribution in [0.15, 0.2) is 49.1 Å². The second-order valence-corrected chi connectivity index (χ2v) is 9.92. The highest BCUT2D eigenvalue weighted by atomic mass is 31.1. The number of ketones is 2. The highest BCUT2D eigenvalue weighted by molar-refractivity contribution is 7.60. The van der Waals surface area contributed by atoms with Gasteiger partial charge in [0.2, 0.25) is 0 Å². The van der Waals surface area contributed by atoms with Crippen molar-refractivity contribution in [3.05, 3.63) is 82.4 Å². The first kappa shape index (κ1) is 23.2. The maximum atomic E-state index is 12.6. The van der Waals surface area contributed by atoms with Gasteiger partial charge in [0.25, 0.3) is 0 Å². The maximum absolute atomic E-state index is 12.6. The molecule has 168 valence electrons. The molecule has 2 atom stereocenters. The number of hydrogen-bond donors (Lipinski definition) is 0. The van der Waals surface area contributed by atoms with Crippen molar-refractivity contribution in [3.63, 3.8) is 0 Å². The molecule has 0 spiro atoms. The topological polar surface area (TPSA) is 86.7 Å². The second-order valence-electron chi connectivity index (χ2n) is 7.71. The summed E-state index contributed by atoms with van der Waals surface area (Å²) in [6.45, 7) is 6.41. The largest absolute Gasteiger partial charge is 0.454 e. The van der Waals surface area contributed by atoms with Crippen LogP contribution < -0.4 is 0 Å². The van der Waals surface area contributed by atoms with Crippen LogP contribution in [0.4, 0.5) is 9.59 Å². The zero-order valence-corrected chi connectivity index (χ0v) is 19.9. The molecule has 2 aromatic rings. The predicted molar refractivity (Wildman–Crippen MR) is 130 cm³/mol. The van der Waals surface area contributed by atoms with Crippen LogP contribution in [0.3, 0.4) is 0 Å². The summed E-state index contributed by atoms with van der Waals surface area (Å²) in [6.07, 6.45) is 2.11. The summed E-state index contributed by atoms with van der Waals surface area (Å²) < 4.78 is 10.1. The van der Waals surface area contributed by atoms with Crippen molar-refractivity contribution < 1.29 is 28.7 Å². The van der Waals surface area contributed by atoms with E-state index in [1.165, 1.54) is 11.6 Å². The highest BCUT2D eigenvalue weighted by Gasteiger charge is 2.30. The molecule has 0 N–H and O–H groups in total. The smallest absolute Gasteiger partial charge is 0.327 e. The number of rotatable bonds is 10. The summed E-state index contributed by atoms with van der Waals surface area (Å²) >= 11 is 0. The van der Waals surface area contributed by atoms with E-state index in [0.717, 1.165) is 46.2 Å². The molecule has 0 aromatic heterocycles. The molecular formula is C25H22O6P2. The van der Waals surface area contributed by atoms with Crippen molar-refractivity contribution in [2.75, 3.05) is 13.2 Å². The second kappa shape index (κ2) is 9.91. The van der Waals surface area contributed by atoms with Crippen LogP contribution in [0.25, 0.3) is 11.1 Å². The summed E-state index contributed by atoms with van der Waals surface area (Å²) in [5.41, 5.74) is 6.71. The van der Waals surface area contributed by atoms with Crippen LogP contribution in [0.2, 0.25) is 0 Å². The lowest BCUT2D eigenvalue weighted by molar-refractivity contribution is 0.0873. The van der Waals surface area contributed by atoms with Gasteiger partial charge in [-0.3, -0.25) is 9.59 Å². The van der Waals surface area contributed by atoms with Crippen LogP contribution >= 0.6 is 17.2 Å². The van der Waals surface area contributed by atoms with E-state index in [0.29, 0.717) is 17.5 Å². The average Bonchev–Trinajstić information content (AvgIpc) is 3.18. The third-order valence-electron chi connectivity index (χ3n) is 5.65. The highest BCUT2D eigenvalue weighted by Crippen LogP contribution is 2.46. The minimum atomic E-state index is -0.453. The fourth-order valence-corrected chi connectivity index (χ4v) is 4.97. The van der Waals surface area contributed by atoms with Gasteiger partial charge in [-0.25, -0.2) is 9.59 Å².